The summed E-state index contributed by atoms with van der Waals surface area (Å²) < 4.78 is 26.5. The molecule has 1 rings (SSSR count). The van der Waals surface area contributed by atoms with Crippen molar-refractivity contribution in [3.8, 4) is 11.8 Å². The van der Waals surface area contributed by atoms with E-state index in [1.165, 1.54) is 0 Å². The van der Waals surface area contributed by atoms with Crippen molar-refractivity contribution in [3.05, 3.63) is 29.8 Å². The van der Waals surface area contributed by atoms with Gasteiger partial charge in [-0.2, -0.15) is 0 Å². The van der Waals surface area contributed by atoms with Gasteiger partial charge in [0.2, 0.25) is 10.0 Å². The Labute approximate surface area is 121 Å². The minimum atomic E-state index is -3.30. The standard InChI is InChI=1S/C15H22N2O2S/c1-15(2,3)10-12-20(18,19)17-14-8-6-13(7-9-14)5-4-11-16/h6-9,17H,10-12,16H2,1-3H3. The monoisotopic (exact) mass is 294 g/mol. The Bertz CT molecular complexity index is 587. The Morgan fingerprint density at radius 1 is 1.20 bits per heavy atom. The molecule has 0 spiro atoms. The number of nitrogens with one attached hydrogen (secondary N) is 1. The van der Waals surface area contributed by atoms with E-state index in [0.717, 1.165) is 5.56 Å². The molecule has 0 aliphatic carbocycles. The van der Waals surface area contributed by atoms with Gasteiger partial charge in [0.15, 0.2) is 0 Å². The highest BCUT2D eigenvalue weighted by atomic mass is 32.2. The molecule has 0 heterocycles. The summed E-state index contributed by atoms with van der Waals surface area (Å²) in [6.45, 7) is 6.37. The number of sulfonamides is 1. The van der Waals surface area contributed by atoms with Crippen molar-refractivity contribution < 1.29 is 8.42 Å². The van der Waals surface area contributed by atoms with E-state index in [0.29, 0.717) is 18.7 Å². The van der Waals surface area contributed by atoms with E-state index in [-0.39, 0.29) is 11.2 Å². The molecule has 0 saturated heterocycles. The molecule has 110 valence electrons. The molecule has 0 saturated carbocycles. The maximum atomic E-state index is 11.9. The van der Waals surface area contributed by atoms with Crippen molar-refractivity contribution >= 4 is 15.7 Å². The largest absolute Gasteiger partial charge is 0.320 e. The van der Waals surface area contributed by atoms with Gasteiger partial charge in [0.1, 0.15) is 0 Å². The first-order chi connectivity index (χ1) is 9.22. The van der Waals surface area contributed by atoms with Gasteiger partial charge in [-0.25, -0.2) is 8.42 Å². The van der Waals surface area contributed by atoms with Gasteiger partial charge < -0.3 is 5.73 Å². The summed E-state index contributed by atoms with van der Waals surface area (Å²) in [4.78, 5) is 0. The first-order valence-corrected chi connectivity index (χ1v) is 8.17. The van der Waals surface area contributed by atoms with E-state index in [1.54, 1.807) is 24.3 Å². The molecule has 0 aromatic heterocycles. The lowest BCUT2D eigenvalue weighted by molar-refractivity contribution is 0.397. The van der Waals surface area contributed by atoms with Crippen LogP contribution in [0, 0.1) is 17.3 Å². The summed E-state index contributed by atoms with van der Waals surface area (Å²) >= 11 is 0. The van der Waals surface area contributed by atoms with Crippen molar-refractivity contribution in [2.75, 3.05) is 17.0 Å². The molecule has 0 unspecified atom stereocenters. The highest BCUT2D eigenvalue weighted by molar-refractivity contribution is 7.92. The summed E-state index contributed by atoms with van der Waals surface area (Å²) in [5.41, 5.74) is 6.66. The van der Waals surface area contributed by atoms with Crippen molar-refractivity contribution in [2.24, 2.45) is 11.1 Å². The van der Waals surface area contributed by atoms with Crippen LogP contribution in [-0.4, -0.2) is 20.7 Å². The number of rotatable bonds is 4. The second-order valence-electron chi connectivity index (χ2n) is 5.81. The van der Waals surface area contributed by atoms with Crippen molar-refractivity contribution in [1.29, 1.82) is 0 Å². The molecule has 0 fully saturated rings. The molecule has 1 aromatic rings. The lowest BCUT2D eigenvalue weighted by atomic mass is 9.94. The first kappa shape index (κ1) is 16.5. The highest BCUT2D eigenvalue weighted by Gasteiger charge is 2.17. The van der Waals surface area contributed by atoms with Crippen LogP contribution in [0.4, 0.5) is 5.69 Å². The Morgan fingerprint density at radius 2 is 1.80 bits per heavy atom. The average Bonchev–Trinajstić information content (AvgIpc) is 2.35. The zero-order valence-electron chi connectivity index (χ0n) is 12.2. The zero-order valence-corrected chi connectivity index (χ0v) is 13.0. The highest BCUT2D eigenvalue weighted by Crippen LogP contribution is 2.20. The van der Waals surface area contributed by atoms with Crippen LogP contribution in [0.5, 0.6) is 0 Å². The average molecular weight is 294 g/mol. The van der Waals surface area contributed by atoms with Crippen LogP contribution in [0.1, 0.15) is 32.8 Å². The van der Waals surface area contributed by atoms with Crippen LogP contribution >= 0.6 is 0 Å². The fourth-order valence-corrected chi connectivity index (χ4v) is 2.92. The molecule has 5 heteroatoms. The van der Waals surface area contributed by atoms with Crippen molar-refractivity contribution in [2.45, 2.75) is 27.2 Å². The van der Waals surface area contributed by atoms with Gasteiger partial charge in [-0.05, 0) is 36.1 Å². The molecule has 0 amide bonds. The third-order valence-electron chi connectivity index (χ3n) is 2.61. The maximum absolute atomic E-state index is 11.9. The summed E-state index contributed by atoms with van der Waals surface area (Å²) in [5.74, 6) is 5.75. The summed E-state index contributed by atoms with van der Waals surface area (Å²) in [5, 5.41) is 0. The molecule has 1 aromatic carbocycles. The molecule has 20 heavy (non-hydrogen) atoms. The molecule has 0 atom stereocenters. The maximum Gasteiger partial charge on any atom is 0.232 e. The second kappa shape index (κ2) is 6.78. The van der Waals surface area contributed by atoms with Gasteiger partial charge in [-0.3, -0.25) is 4.72 Å². The Morgan fingerprint density at radius 3 is 2.30 bits per heavy atom. The fourth-order valence-electron chi connectivity index (χ4n) is 1.45. The SMILES string of the molecule is CC(C)(C)CCS(=O)(=O)Nc1ccc(C#CCN)cc1. The Kier molecular flexibility index (Phi) is 5.61. The van der Waals surface area contributed by atoms with Gasteiger partial charge in [-0.15, -0.1) is 0 Å². The van der Waals surface area contributed by atoms with Crippen LogP contribution in [0.25, 0.3) is 0 Å². The van der Waals surface area contributed by atoms with Gasteiger partial charge in [0.05, 0.1) is 12.3 Å². The molecule has 0 bridgehead atoms. The van der Waals surface area contributed by atoms with Gasteiger partial charge >= 0.3 is 0 Å². The molecular weight excluding hydrogens is 272 g/mol. The minimum absolute atomic E-state index is 0.00355. The molecule has 4 nitrogen and oxygen atoms in total. The van der Waals surface area contributed by atoms with Crippen LogP contribution < -0.4 is 10.5 Å². The van der Waals surface area contributed by atoms with Crippen LogP contribution in [-0.2, 0) is 10.0 Å². The second-order valence-corrected chi connectivity index (χ2v) is 7.66. The van der Waals surface area contributed by atoms with Crippen molar-refractivity contribution in [1.82, 2.24) is 0 Å². The van der Waals surface area contributed by atoms with Crippen LogP contribution in [0.3, 0.4) is 0 Å². The third kappa shape index (κ3) is 6.60. The van der Waals surface area contributed by atoms with E-state index in [9.17, 15) is 8.42 Å². The number of nitrogens with two attached hydrogens (primary N) is 1. The number of hydrogen-bond donors (Lipinski definition) is 2. The van der Waals surface area contributed by atoms with Crippen molar-refractivity contribution in [3.63, 3.8) is 0 Å². The van der Waals surface area contributed by atoms with Gasteiger partial charge in [0, 0.05) is 11.3 Å². The third-order valence-corrected chi connectivity index (χ3v) is 3.90. The Balaban J connectivity index is 2.68. The zero-order chi connectivity index (χ0) is 15.2. The molecule has 0 aliphatic heterocycles. The predicted molar refractivity (Wildman–Crippen MR) is 83.9 cm³/mol. The first-order valence-electron chi connectivity index (χ1n) is 6.51. The molecule has 0 aliphatic rings. The van der Waals surface area contributed by atoms with E-state index in [4.69, 9.17) is 5.73 Å². The van der Waals surface area contributed by atoms with Gasteiger partial charge in [-0.1, -0.05) is 32.6 Å². The lowest BCUT2D eigenvalue weighted by Gasteiger charge is -2.18. The van der Waals surface area contributed by atoms with Crippen LogP contribution in [0.2, 0.25) is 0 Å². The smallest absolute Gasteiger partial charge is 0.232 e. The van der Waals surface area contributed by atoms with Gasteiger partial charge in [0.25, 0.3) is 0 Å². The molecule has 3 N–H and O–H groups in total. The number of benzene rings is 1. The minimum Gasteiger partial charge on any atom is -0.320 e. The van der Waals surface area contributed by atoms with Crippen LogP contribution in [0.15, 0.2) is 24.3 Å². The normalized spacial score (nSPS) is 11.6. The fraction of sp³-hybridized carbons (Fsp3) is 0.467. The van der Waals surface area contributed by atoms with E-state index in [1.807, 2.05) is 20.8 Å². The van der Waals surface area contributed by atoms with E-state index in [2.05, 4.69) is 16.6 Å². The summed E-state index contributed by atoms with van der Waals surface area (Å²) in [6.07, 6.45) is 0.613. The molecular formula is C15H22N2O2S. The number of hydrogen-bond acceptors (Lipinski definition) is 3. The summed E-state index contributed by atoms with van der Waals surface area (Å²) in [6, 6.07) is 6.94. The molecule has 0 radical (unpaired) electrons. The number of anilines is 1. The summed E-state index contributed by atoms with van der Waals surface area (Å²) in [7, 11) is -3.30. The van der Waals surface area contributed by atoms with E-state index >= 15 is 0 Å². The predicted octanol–water partition coefficient (Wildman–Crippen LogP) is 2.17. The Hall–Kier alpha value is -1.51. The lowest BCUT2D eigenvalue weighted by Crippen LogP contribution is -2.20. The topological polar surface area (TPSA) is 72.2 Å². The quantitative estimate of drug-likeness (QED) is 0.836. The van der Waals surface area contributed by atoms with E-state index < -0.39 is 10.0 Å².